The number of quaternary nitrogens is 1. The van der Waals surface area contributed by atoms with Crippen molar-refractivity contribution < 1.29 is 19.7 Å². The second-order valence-electron chi connectivity index (χ2n) is 5.77. The lowest BCUT2D eigenvalue weighted by Crippen LogP contribution is -2.64. The molecule has 0 spiro atoms. The summed E-state index contributed by atoms with van der Waals surface area (Å²) in [6, 6.07) is 31.4. The smallest absolute Gasteiger partial charge is 0.501 e. The van der Waals surface area contributed by atoms with Gasteiger partial charge in [0, 0.05) is 6.42 Å². The van der Waals surface area contributed by atoms with Crippen LogP contribution in [0, 0.1) is 6.07 Å². The SMILES string of the molecule is CCCC([NH3+])OB(Oc1ccccc1)Oc1ccccc1.[c-]1ccccc1. The second kappa shape index (κ2) is 12.6. The van der Waals surface area contributed by atoms with Crippen LogP contribution in [-0.2, 0) is 4.65 Å². The molecule has 0 aromatic heterocycles. The number of benzene rings is 3. The Labute approximate surface area is 162 Å². The molecule has 0 fully saturated rings. The van der Waals surface area contributed by atoms with E-state index < -0.39 is 7.32 Å². The van der Waals surface area contributed by atoms with Crippen LogP contribution in [0.5, 0.6) is 11.5 Å². The van der Waals surface area contributed by atoms with Crippen LogP contribution in [-0.4, -0.2) is 13.5 Å². The predicted octanol–water partition coefficient (Wildman–Crippen LogP) is 4.00. The zero-order chi connectivity index (χ0) is 19.2. The minimum atomic E-state index is -0.816. The molecule has 3 aromatic carbocycles. The Bertz CT molecular complexity index is 645. The first-order valence-electron chi connectivity index (χ1n) is 9.11. The molecule has 0 saturated carbocycles. The van der Waals surface area contributed by atoms with Gasteiger partial charge in [0.2, 0.25) is 0 Å². The van der Waals surface area contributed by atoms with Gasteiger partial charge in [-0.3, -0.25) is 0 Å². The molecular weight excluding hydrogens is 337 g/mol. The molecule has 4 nitrogen and oxygen atoms in total. The number of rotatable bonds is 8. The zero-order valence-corrected chi connectivity index (χ0v) is 15.7. The summed E-state index contributed by atoms with van der Waals surface area (Å²) in [4.78, 5) is 0. The van der Waals surface area contributed by atoms with Crippen molar-refractivity contribution in [2.45, 2.75) is 26.0 Å². The quantitative estimate of drug-likeness (QED) is 0.374. The Hall–Kier alpha value is -2.76. The Morgan fingerprint density at radius 3 is 1.67 bits per heavy atom. The van der Waals surface area contributed by atoms with E-state index >= 15 is 0 Å². The maximum atomic E-state index is 5.75. The fourth-order valence-corrected chi connectivity index (χ4v) is 2.19. The largest absolute Gasteiger partial charge is 0.792 e. The van der Waals surface area contributed by atoms with E-state index in [0.29, 0.717) is 11.5 Å². The van der Waals surface area contributed by atoms with Gasteiger partial charge in [-0.15, -0.1) is 0 Å². The van der Waals surface area contributed by atoms with Crippen LogP contribution in [0.15, 0.2) is 91.0 Å². The zero-order valence-electron chi connectivity index (χ0n) is 15.7. The van der Waals surface area contributed by atoms with Crippen molar-refractivity contribution in [3.05, 3.63) is 97.1 Å². The molecule has 5 heteroatoms. The van der Waals surface area contributed by atoms with E-state index in [1.165, 1.54) is 0 Å². The van der Waals surface area contributed by atoms with Gasteiger partial charge in [0.15, 0.2) is 6.23 Å². The van der Waals surface area contributed by atoms with Crippen molar-refractivity contribution in [2.24, 2.45) is 0 Å². The molecule has 0 aliphatic carbocycles. The van der Waals surface area contributed by atoms with Crippen LogP contribution in [0.4, 0.5) is 0 Å². The molecule has 0 aliphatic heterocycles. The molecule has 1 unspecified atom stereocenters. The maximum Gasteiger partial charge on any atom is 0.792 e. The second-order valence-corrected chi connectivity index (χ2v) is 5.77. The maximum absolute atomic E-state index is 5.75. The summed E-state index contributed by atoms with van der Waals surface area (Å²) in [5.74, 6) is 1.39. The minimum Gasteiger partial charge on any atom is -0.501 e. The van der Waals surface area contributed by atoms with Crippen LogP contribution in [0.25, 0.3) is 0 Å². The van der Waals surface area contributed by atoms with Crippen LogP contribution in [0.1, 0.15) is 19.8 Å². The molecule has 3 rings (SSSR count). The van der Waals surface area contributed by atoms with Crippen molar-refractivity contribution in [1.82, 2.24) is 0 Å². The predicted molar refractivity (Wildman–Crippen MR) is 108 cm³/mol. The van der Waals surface area contributed by atoms with E-state index in [9.17, 15) is 0 Å². The molecule has 3 N–H and O–H groups in total. The van der Waals surface area contributed by atoms with Crippen molar-refractivity contribution in [1.29, 1.82) is 0 Å². The van der Waals surface area contributed by atoms with Gasteiger partial charge in [0.25, 0.3) is 0 Å². The lowest BCUT2D eigenvalue weighted by molar-refractivity contribution is -0.478. The summed E-state index contributed by atoms with van der Waals surface area (Å²) < 4.78 is 17.2. The molecule has 0 heterocycles. The van der Waals surface area contributed by atoms with E-state index in [2.05, 4.69) is 18.7 Å². The third-order valence-corrected chi connectivity index (χ3v) is 3.47. The summed E-state index contributed by atoms with van der Waals surface area (Å²) >= 11 is 0. The van der Waals surface area contributed by atoms with E-state index in [4.69, 9.17) is 14.0 Å². The highest BCUT2D eigenvalue weighted by molar-refractivity contribution is 6.38. The van der Waals surface area contributed by atoms with E-state index in [1.807, 2.05) is 91.0 Å². The van der Waals surface area contributed by atoms with Gasteiger partial charge in [-0.25, -0.2) is 0 Å². The average Bonchev–Trinajstić information content (AvgIpc) is 2.71. The van der Waals surface area contributed by atoms with Crippen molar-refractivity contribution in [3.63, 3.8) is 0 Å². The summed E-state index contributed by atoms with van der Waals surface area (Å²) in [6.07, 6.45) is 1.68. The molecule has 0 saturated heterocycles. The third kappa shape index (κ3) is 8.95. The molecule has 0 radical (unpaired) electrons. The summed E-state index contributed by atoms with van der Waals surface area (Å²) in [7, 11) is -0.816. The lowest BCUT2D eigenvalue weighted by atomic mass is 10.2. The topological polar surface area (TPSA) is 55.3 Å². The first-order valence-corrected chi connectivity index (χ1v) is 9.11. The number of para-hydroxylation sites is 2. The van der Waals surface area contributed by atoms with Gasteiger partial charge in [-0.05, 0) is 30.7 Å². The van der Waals surface area contributed by atoms with E-state index in [1.54, 1.807) is 0 Å². The minimum absolute atomic E-state index is 0.174. The Morgan fingerprint density at radius 2 is 1.30 bits per heavy atom. The highest BCUT2D eigenvalue weighted by atomic mass is 16.7. The van der Waals surface area contributed by atoms with Gasteiger partial charge in [-0.2, -0.15) is 36.4 Å². The first-order chi connectivity index (χ1) is 13.3. The molecule has 0 bridgehead atoms. The van der Waals surface area contributed by atoms with Gasteiger partial charge in [-0.1, -0.05) is 43.3 Å². The van der Waals surface area contributed by atoms with E-state index in [0.717, 1.165) is 12.8 Å². The van der Waals surface area contributed by atoms with Gasteiger partial charge in [0.1, 0.15) is 11.5 Å². The molecule has 0 amide bonds. The Balaban J connectivity index is 0.000000369. The Kier molecular flexibility index (Phi) is 9.57. The van der Waals surface area contributed by atoms with Gasteiger partial charge in [0.05, 0.1) is 0 Å². The monoisotopic (exact) mass is 363 g/mol. The van der Waals surface area contributed by atoms with Crippen molar-refractivity contribution in [2.75, 3.05) is 0 Å². The lowest BCUT2D eigenvalue weighted by Gasteiger charge is -2.17. The highest BCUT2D eigenvalue weighted by Gasteiger charge is 2.31. The van der Waals surface area contributed by atoms with Crippen molar-refractivity contribution in [3.8, 4) is 11.5 Å². The van der Waals surface area contributed by atoms with Crippen LogP contribution in [0.2, 0.25) is 0 Å². The molecule has 140 valence electrons. The van der Waals surface area contributed by atoms with Crippen molar-refractivity contribution >= 4 is 7.32 Å². The van der Waals surface area contributed by atoms with E-state index in [-0.39, 0.29) is 6.23 Å². The Morgan fingerprint density at radius 1 is 0.815 bits per heavy atom. The number of hydrogen-bond acceptors (Lipinski definition) is 3. The average molecular weight is 363 g/mol. The highest BCUT2D eigenvalue weighted by Crippen LogP contribution is 2.15. The van der Waals surface area contributed by atoms with Crippen LogP contribution < -0.4 is 15.0 Å². The molecule has 3 aromatic rings. The fraction of sp³-hybridized carbons (Fsp3) is 0.182. The summed E-state index contributed by atoms with van der Waals surface area (Å²) in [6.45, 7) is 2.09. The molecule has 0 aliphatic rings. The van der Waals surface area contributed by atoms with Crippen LogP contribution >= 0.6 is 0 Å². The number of hydrogen-bond donors (Lipinski definition) is 1. The summed E-state index contributed by atoms with van der Waals surface area (Å²) in [5, 5.41) is 0. The first kappa shape index (κ1) is 20.6. The standard InChI is InChI=1S/C16H20BNO3.C6H5/c1-2-9-16(18)21-17(19-14-10-5-3-6-11-14)20-15-12-7-4-8-13-15;1-2-4-6-5-3-1/h3-8,10-13,16H,2,9,18H2,1H3;1-5H/q;-1/p+1. The summed E-state index contributed by atoms with van der Waals surface area (Å²) in [5.41, 5.74) is 3.97. The third-order valence-electron chi connectivity index (χ3n) is 3.47. The molecule has 27 heavy (non-hydrogen) atoms. The molecular formula is C22H26BNO3. The fourth-order valence-electron chi connectivity index (χ4n) is 2.19. The normalized spacial score (nSPS) is 10.9. The van der Waals surface area contributed by atoms with Gasteiger partial charge >= 0.3 is 7.32 Å². The molecule has 1 atom stereocenters. The van der Waals surface area contributed by atoms with Crippen LogP contribution in [0.3, 0.4) is 0 Å². The van der Waals surface area contributed by atoms with Gasteiger partial charge < -0.3 is 19.7 Å².